The summed E-state index contributed by atoms with van der Waals surface area (Å²) >= 11 is 0. The van der Waals surface area contributed by atoms with Gasteiger partial charge in [-0.25, -0.2) is 14.3 Å². The van der Waals surface area contributed by atoms with Gasteiger partial charge in [0.15, 0.2) is 0 Å². The zero-order chi connectivity index (χ0) is 40.7. The van der Waals surface area contributed by atoms with Crippen LogP contribution < -0.4 is 5.32 Å². The number of rotatable bonds is 18. The molecule has 6 rings (SSSR count). The van der Waals surface area contributed by atoms with Crippen molar-refractivity contribution in [1.29, 1.82) is 0 Å². The van der Waals surface area contributed by atoms with Gasteiger partial charge >= 0.3 is 12.1 Å². The minimum atomic E-state index is -1.12. The van der Waals surface area contributed by atoms with Crippen LogP contribution in [0.4, 0.5) is 4.79 Å². The number of nitrogens with zero attached hydrogens (tertiary/aromatic N) is 3. The number of hydrogen-bond acceptors (Lipinski definition) is 11. The normalized spacial score (nSPS) is 19.9. The van der Waals surface area contributed by atoms with Gasteiger partial charge in [0.2, 0.25) is 0 Å². The summed E-state index contributed by atoms with van der Waals surface area (Å²) in [6.45, 7) is 6.44. The molecule has 4 aromatic carbocycles. The molecule has 1 aliphatic rings. The molecule has 0 bridgehead atoms. The predicted molar refractivity (Wildman–Crippen MR) is 214 cm³/mol. The molecule has 0 aliphatic carbocycles. The molecule has 1 saturated heterocycles. The molecule has 1 fully saturated rings. The molecule has 13 nitrogen and oxygen atoms in total. The first kappa shape index (κ1) is 42.2. The topological polar surface area (TPSA) is 141 Å². The maximum absolute atomic E-state index is 12.8. The Kier molecular flexibility index (Phi) is 15.1. The third kappa shape index (κ3) is 12.5. The van der Waals surface area contributed by atoms with Crippen molar-refractivity contribution in [3.63, 3.8) is 0 Å². The Bertz CT molecular complexity index is 1980. The zero-order valence-corrected chi connectivity index (χ0v) is 33.3. The van der Waals surface area contributed by atoms with Crippen LogP contribution in [0.3, 0.4) is 0 Å². The minimum absolute atomic E-state index is 0.0957. The number of carbonyl (C=O) groups excluding carboxylic acids is 2. The van der Waals surface area contributed by atoms with Crippen LogP contribution in [0, 0.1) is 0 Å². The third-order valence-corrected chi connectivity index (χ3v) is 9.28. The minimum Gasteiger partial charge on any atom is -0.467 e. The monoisotopic (exact) mass is 792 g/mol. The largest absolute Gasteiger partial charge is 0.467 e. The molecule has 2 heterocycles. The Balaban J connectivity index is 1.34. The summed E-state index contributed by atoms with van der Waals surface area (Å²) in [6.07, 6.45) is -2.65. The Labute approximate surface area is 339 Å². The van der Waals surface area contributed by atoms with Gasteiger partial charge in [0.1, 0.15) is 47.9 Å². The van der Waals surface area contributed by atoms with E-state index in [1.807, 2.05) is 121 Å². The molecular weight excluding hydrogens is 741 g/mol. The van der Waals surface area contributed by atoms with E-state index in [1.54, 1.807) is 27.0 Å². The number of ether oxygens (including phenoxy) is 7. The summed E-state index contributed by atoms with van der Waals surface area (Å²) < 4.78 is 45.5. The predicted octanol–water partition coefficient (Wildman–Crippen LogP) is 6.76. The molecule has 58 heavy (non-hydrogen) atoms. The highest BCUT2D eigenvalue weighted by atomic mass is 16.6. The highest BCUT2D eigenvalue weighted by Gasteiger charge is 2.50. The van der Waals surface area contributed by atoms with E-state index in [0.717, 1.165) is 22.3 Å². The number of benzene rings is 4. The van der Waals surface area contributed by atoms with Crippen LogP contribution in [-0.4, -0.2) is 76.8 Å². The van der Waals surface area contributed by atoms with Crippen LogP contribution >= 0.6 is 0 Å². The van der Waals surface area contributed by atoms with Crippen LogP contribution in [0.15, 0.2) is 128 Å². The third-order valence-electron chi connectivity index (χ3n) is 9.28. The van der Waals surface area contributed by atoms with Crippen molar-refractivity contribution in [3.05, 3.63) is 155 Å². The summed E-state index contributed by atoms with van der Waals surface area (Å²) in [7, 11) is 1.25. The molecule has 0 radical (unpaired) electrons. The van der Waals surface area contributed by atoms with E-state index in [-0.39, 0.29) is 26.4 Å². The lowest BCUT2D eigenvalue weighted by atomic mass is 9.92. The second kappa shape index (κ2) is 20.8. The Morgan fingerprint density at radius 3 is 1.69 bits per heavy atom. The molecular formula is C45H52N4O9. The summed E-state index contributed by atoms with van der Waals surface area (Å²) in [4.78, 5) is 25.5. The first-order chi connectivity index (χ1) is 28.1. The molecule has 1 amide bonds. The first-order valence-corrected chi connectivity index (χ1v) is 19.4. The molecule has 1 N–H and O–H groups in total. The van der Waals surface area contributed by atoms with Crippen LogP contribution in [0.2, 0.25) is 0 Å². The average molecular weight is 793 g/mol. The van der Waals surface area contributed by atoms with Crippen molar-refractivity contribution in [2.75, 3.05) is 13.7 Å². The van der Waals surface area contributed by atoms with E-state index < -0.39 is 54.2 Å². The summed E-state index contributed by atoms with van der Waals surface area (Å²) in [5.74, 6) is -0.677. The van der Waals surface area contributed by atoms with E-state index in [1.165, 1.54) is 11.8 Å². The number of nitrogens with one attached hydrogen (secondary N) is 1. The average Bonchev–Trinajstić information content (AvgIpc) is 3.70. The maximum Gasteiger partial charge on any atom is 0.408 e. The van der Waals surface area contributed by atoms with Gasteiger partial charge in [-0.15, -0.1) is 5.10 Å². The van der Waals surface area contributed by atoms with E-state index in [2.05, 4.69) is 15.6 Å². The fourth-order valence-corrected chi connectivity index (χ4v) is 6.52. The SMILES string of the molecule is COC(=O)[C@H](Cn1cc([C@@H]2O[C@H](COCc3ccccc3)[C@H](OCc3ccccc3)[C@H](OCc3ccccc3)[C@H]2OCc2ccccc2)nn1)NC(=O)OC(C)(C)C. The number of aromatic nitrogens is 3. The standard InChI is InChI=1S/C45H52N4O9/c1-45(2,3)58-44(51)46-37(43(50)52-4)26-49-25-36(47-48-49)39-41(55-29-34-21-13-7-14-22-34)42(56-30-35-23-15-8-16-24-35)40(54-28-33-19-11-6-12-20-33)38(57-39)31-53-27-32-17-9-5-10-18-32/h5-25,37-42H,26-31H2,1-4H3,(H,46,51)/t37-,38+,39-,40-,41-,42-/m0/s1. The highest BCUT2D eigenvalue weighted by Crippen LogP contribution is 2.38. The van der Waals surface area contributed by atoms with Gasteiger partial charge in [-0.2, -0.15) is 0 Å². The van der Waals surface area contributed by atoms with Gasteiger partial charge in [0.05, 0.1) is 52.9 Å². The molecule has 306 valence electrons. The summed E-state index contributed by atoms with van der Waals surface area (Å²) in [5, 5.41) is 11.5. The molecule has 13 heteroatoms. The van der Waals surface area contributed by atoms with E-state index in [4.69, 9.17) is 33.2 Å². The Morgan fingerprint density at radius 1 is 0.707 bits per heavy atom. The van der Waals surface area contributed by atoms with Crippen LogP contribution in [0.1, 0.15) is 54.8 Å². The van der Waals surface area contributed by atoms with Gasteiger partial charge in [0, 0.05) is 0 Å². The summed E-state index contributed by atoms with van der Waals surface area (Å²) in [6, 6.07) is 38.5. The number of esters is 1. The number of methoxy groups -OCH3 is 1. The fraction of sp³-hybridized carbons (Fsp3) is 0.378. The van der Waals surface area contributed by atoms with Crippen LogP contribution in [0.25, 0.3) is 0 Å². The van der Waals surface area contributed by atoms with Gasteiger partial charge in [-0.3, -0.25) is 0 Å². The molecule has 6 atom stereocenters. The van der Waals surface area contributed by atoms with Gasteiger partial charge in [0.25, 0.3) is 0 Å². The van der Waals surface area contributed by atoms with Gasteiger partial charge in [-0.1, -0.05) is 127 Å². The molecule has 0 spiro atoms. The molecule has 1 aliphatic heterocycles. The maximum atomic E-state index is 12.8. The second-order valence-electron chi connectivity index (χ2n) is 15.0. The lowest BCUT2D eigenvalue weighted by Gasteiger charge is -2.45. The van der Waals surface area contributed by atoms with E-state index >= 15 is 0 Å². The molecule has 5 aromatic rings. The van der Waals surface area contributed by atoms with Crippen molar-refractivity contribution in [2.24, 2.45) is 0 Å². The lowest BCUT2D eigenvalue weighted by molar-refractivity contribution is -0.275. The molecule has 0 unspecified atom stereocenters. The summed E-state index contributed by atoms with van der Waals surface area (Å²) in [5.41, 5.74) is 3.57. The second-order valence-corrected chi connectivity index (χ2v) is 15.0. The molecule has 0 saturated carbocycles. The van der Waals surface area contributed by atoms with Crippen LogP contribution in [-0.2, 0) is 70.9 Å². The van der Waals surface area contributed by atoms with Crippen molar-refractivity contribution >= 4 is 12.1 Å². The van der Waals surface area contributed by atoms with Crippen molar-refractivity contribution < 1.29 is 42.7 Å². The van der Waals surface area contributed by atoms with Crippen molar-refractivity contribution in [2.45, 2.75) is 95.9 Å². The highest BCUT2D eigenvalue weighted by molar-refractivity contribution is 5.81. The number of amides is 1. The molecule has 1 aromatic heterocycles. The Hall–Kier alpha value is -5.44. The van der Waals surface area contributed by atoms with Gasteiger partial charge in [-0.05, 0) is 43.0 Å². The van der Waals surface area contributed by atoms with E-state index in [0.29, 0.717) is 18.9 Å². The zero-order valence-electron chi connectivity index (χ0n) is 33.3. The quantitative estimate of drug-likeness (QED) is 0.0942. The Morgan fingerprint density at radius 2 is 1.19 bits per heavy atom. The lowest BCUT2D eigenvalue weighted by Crippen LogP contribution is -2.58. The van der Waals surface area contributed by atoms with Crippen molar-refractivity contribution in [1.82, 2.24) is 20.3 Å². The number of hydrogen-bond donors (Lipinski definition) is 1. The fourth-order valence-electron chi connectivity index (χ4n) is 6.52. The smallest absolute Gasteiger partial charge is 0.408 e. The van der Waals surface area contributed by atoms with Crippen LogP contribution in [0.5, 0.6) is 0 Å². The number of alkyl carbamates (subject to hydrolysis) is 1. The van der Waals surface area contributed by atoms with Crippen molar-refractivity contribution in [3.8, 4) is 0 Å². The van der Waals surface area contributed by atoms with Gasteiger partial charge < -0.3 is 38.5 Å². The first-order valence-electron chi connectivity index (χ1n) is 19.4. The van der Waals surface area contributed by atoms with E-state index in [9.17, 15) is 9.59 Å². The number of carbonyl (C=O) groups is 2.